The lowest BCUT2D eigenvalue weighted by atomic mass is 10.1. The topological polar surface area (TPSA) is 74.1 Å². The van der Waals surface area contributed by atoms with Gasteiger partial charge < -0.3 is 14.8 Å². The lowest BCUT2D eigenvalue weighted by Crippen LogP contribution is -2.25. The summed E-state index contributed by atoms with van der Waals surface area (Å²) < 4.78 is 13.0. The van der Waals surface area contributed by atoms with Crippen LogP contribution in [0.15, 0.2) is 48.5 Å². The number of aromatic nitrogens is 4. The van der Waals surface area contributed by atoms with Crippen LogP contribution in [-0.2, 0) is 6.54 Å². The Bertz CT molecular complexity index is 881. The number of nitrogens with zero attached hydrogens (tertiary/aromatic N) is 4. The highest BCUT2D eigenvalue weighted by atomic mass is 35.5. The third-order valence-electron chi connectivity index (χ3n) is 4.82. The van der Waals surface area contributed by atoms with Gasteiger partial charge in [-0.05, 0) is 53.1 Å². The molecular formula is C20H24ClN5O2. The Morgan fingerprint density at radius 3 is 2.61 bits per heavy atom. The van der Waals surface area contributed by atoms with E-state index in [-0.39, 0.29) is 18.4 Å². The second kappa shape index (κ2) is 9.52. The number of benzene rings is 2. The van der Waals surface area contributed by atoms with Crippen LogP contribution in [0.5, 0.6) is 17.5 Å². The molecule has 1 fully saturated rings. The first-order valence-electron chi connectivity index (χ1n) is 9.25. The Labute approximate surface area is 170 Å². The van der Waals surface area contributed by atoms with Crippen molar-refractivity contribution >= 4 is 12.4 Å². The molecule has 2 aromatic carbocycles. The van der Waals surface area contributed by atoms with E-state index in [0.29, 0.717) is 17.5 Å². The van der Waals surface area contributed by atoms with Gasteiger partial charge in [0.1, 0.15) is 0 Å². The quantitative estimate of drug-likeness (QED) is 0.646. The van der Waals surface area contributed by atoms with Crippen LogP contribution in [0, 0.1) is 0 Å². The standard InChI is InChI=1S/C20H23N5O2.ClH/c1-26-19-13-15(14-21-16-7-5-6-8-16)11-12-18(19)27-20-22-23-24-25(20)17-9-3-2-4-10-17;/h2-4,9-13,16,21H,5-8,14H2,1H3;1H. The fourth-order valence-electron chi connectivity index (χ4n) is 3.37. The second-order valence-electron chi connectivity index (χ2n) is 6.66. The molecule has 0 bridgehead atoms. The van der Waals surface area contributed by atoms with E-state index < -0.39 is 0 Å². The average Bonchev–Trinajstić information content (AvgIpc) is 3.40. The van der Waals surface area contributed by atoms with Crippen LogP contribution in [0.25, 0.3) is 5.69 Å². The van der Waals surface area contributed by atoms with E-state index in [2.05, 4.69) is 20.8 Å². The summed E-state index contributed by atoms with van der Waals surface area (Å²) in [5, 5.41) is 15.3. The molecule has 0 unspecified atom stereocenters. The van der Waals surface area contributed by atoms with Gasteiger partial charge in [0.25, 0.3) is 0 Å². The number of hydrogen-bond acceptors (Lipinski definition) is 6. The zero-order valence-corrected chi connectivity index (χ0v) is 16.6. The van der Waals surface area contributed by atoms with Crippen molar-refractivity contribution in [2.45, 2.75) is 38.3 Å². The van der Waals surface area contributed by atoms with Crippen LogP contribution >= 0.6 is 12.4 Å². The summed E-state index contributed by atoms with van der Waals surface area (Å²) in [6, 6.07) is 16.5. The number of halogens is 1. The van der Waals surface area contributed by atoms with Gasteiger partial charge in [-0.25, -0.2) is 0 Å². The second-order valence-corrected chi connectivity index (χ2v) is 6.66. The fourth-order valence-corrected chi connectivity index (χ4v) is 3.37. The monoisotopic (exact) mass is 401 g/mol. The van der Waals surface area contributed by atoms with E-state index in [1.54, 1.807) is 11.8 Å². The molecule has 0 atom stereocenters. The predicted octanol–water partition coefficient (Wildman–Crippen LogP) is 3.92. The zero-order valence-electron chi connectivity index (χ0n) is 15.7. The fraction of sp³-hybridized carbons (Fsp3) is 0.350. The van der Waals surface area contributed by atoms with Gasteiger partial charge in [-0.2, -0.15) is 4.68 Å². The van der Waals surface area contributed by atoms with Crippen molar-refractivity contribution in [1.82, 2.24) is 25.5 Å². The average molecular weight is 402 g/mol. The molecule has 3 aromatic rings. The van der Waals surface area contributed by atoms with Crippen LogP contribution < -0.4 is 14.8 Å². The normalized spacial score (nSPS) is 13.9. The molecule has 0 radical (unpaired) electrons. The minimum absolute atomic E-state index is 0. The van der Waals surface area contributed by atoms with E-state index in [0.717, 1.165) is 17.8 Å². The molecule has 0 spiro atoms. The number of methoxy groups -OCH3 is 1. The van der Waals surface area contributed by atoms with Crippen molar-refractivity contribution in [3.05, 3.63) is 54.1 Å². The Morgan fingerprint density at radius 2 is 1.86 bits per heavy atom. The number of nitrogens with one attached hydrogen (secondary N) is 1. The molecule has 1 aliphatic carbocycles. The minimum Gasteiger partial charge on any atom is -0.493 e. The highest BCUT2D eigenvalue weighted by Crippen LogP contribution is 2.32. The van der Waals surface area contributed by atoms with Crippen LogP contribution in [0.3, 0.4) is 0 Å². The first-order chi connectivity index (χ1) is 13.3. The van der Waals surface area contributed by atoms with Crippen molar-refractivity contribution in [3.63, 3.8) is 0 Å². The Balaban J connectivity index is 0.00000225. The van der Waals surface area contributed by atoms with Crippen molar-refractivity contribution in [3.8, 4) is 23.2 Å². The highest BCUT2D eigenvalue weighted by Gasteiger charge is 2.16. The van der Waals surface area contributed by atoms with Gasteiger partial charge in [-0.1, -0.05) is 42.2 Å². The van der Waals surface area contributed by atoms with Gasteiger partial charge in [0.15, 0.2) is 11.5 Å². The van der Waals surface area contributed by atoms with E-state index in [1.807, 2.05) is 48.5 Å². The van der Waals surface area contributed by atoms with Gasteiger partial charge >= 0.3 is 6.01 Å². The van der Waals surface area contributed by atoms with Crippen LogP contribution in [0.4, 0.5) is 0 Å². The number of para-hydroxylation sites is 1. The molecule has 28 heavy (non-hydrogen) atoms. The van der Waals surface area contributed by atoms with Crippen molar-refractivity contribution in [2.24, 2.45) is 0 Å². The molecule has 1 heterocycles. The van der Waals surface area contributed by atoms with E-state index in [1.165, 1.54) is 25.7 Å². The van der Waals surface area contributed by atoms with Gasteiger partial charge in [0.05, 0.1) is 12.8 Å². The third kappa shape index (κ3) is 4.61. The molecule has 8 heteroatoms. The Hall–Kier alpha value is -2.64. The molecule has 0 aliphatic heterocycles. The van der Waals surface area contributed by atoms with Gasteiger partial charge in [-0.15, -0.1) is 12.4 Å². The number of ether oxygens (including phenoxy) is 2. The van der Waals surface area contributed by atoms with Crippen molar-refractivity contribution in [2.75, 3.05) is 7.11 Å². The summed E-state index contributed by atoms with van der Waals surface area (Å²) in [7, 11) is 1.64. The zero-order chi connectivity index (χ0) is 18.5. The molecule has 148 valence electrons. The molecule has 4 rings (SSSR count). The van der Waals surface area contributed by atoms with E-state index in [9.17, 15) is 0 Å². The largest absolute Gasteiger partial charge is 0.493 e. The smallest absolute Gasteiger partial charge is 0.346 e. The SMILES string of the molecule is COc1cc(CNC2CCCC2)ccc1Oc1nnnn1-c1ccccc1.Cl. The maximum absolute atomic E-state index is 5.94. The minimum atomic E-state index is 0. The number of tetrazole rings is 1. The van der Waals surface area contributed by atoms with Crippen molar-refractivity contribution < 1.29 is 9.47 Å². The highest BCUT2D eigenvalue weighted by molar-refractivity contribution is 5.85. The Morgan fingerprint density at radius 1 is 1.07 bits per heavy atom. The van der Waals surface area contributed by atoms with E-state index >= 15 is 0 Å². The molecule has 1 aromatic heterocycles. The molecule has 0 amide bonds. The lowest BCUT2D eigenvalue weighted by molar-refractivity contribution is 0.362. The number of hydrogen-bond donors (Lipinski definition) is 1. The summed E-state index contributed by atoms with van der Waals surface area (Å²) in [5.74, 6) is 1.23. The summed E-state index contributed by atoms with van der Waals surface area (Å²) in [4.78, 5) is 0. The molecular weight excluding hydrogens is 378 g/mol. The van der Waals surface area contributed by atoms with Crippen LogP contribution in [-0.4, -0.2) is 33.4 Å². The maximum atomic E-state index is 5.94. The summed E-state index contributed by atoms with van der Waals surface area (Å²) in [5.41, 5.74) is 1.99. The Kier molecular flexibility index (Phi) is 6.84. The van der Waals surface area contributed by atoms with Gasteiger partial charge in [-0.3, -0.25) is 0 Å². The van der Waals surface area contributed by atoms with Crippen molar-refractivity contribution in [1.29, 1.82) is 0 Å². The predicted molar refractivity (Wildman–Crippen MR) is 109 cm³/mol. The maximum Gasteiger partial charge on any atom is 0.346 e. The molecule has 1 N–H and O–H groups in total. The molecule has 0 saturated heterocycles. The third-order valence-corrected chi connectivity index (χ3v) is 4.82. The summed E-state index contributed by atoms with van der Waals surface area (Å²) in [6.45, 7) is 0.822. The first kappa shape index (κ1) is 20.1. The molecule has 1 aliphatic rings. The summed E-state index contributed by atoms with van der Waals surface area (Å²) in [6.07, 6.45) is 5.18. The van der Waals surface area contributed by atoms with Crippen LogP contribution in [0.1, 0.15) is 31.2 Å². The number of rotatable bonds is 7. The van der Waals surface area contributed by atoms with Crippen LogP contribution in [0.2, 0.25) is 0 Å². The first-order valence-corrected chi connectivity index (χ1v) is 9.25. The lowest BCUT2D eigenvalue weighted by Gasteiger charge is -2.14. The van der Waals surface area contributed by atoms with Gasteiger partial charge in [0.2, 0.25) is 0 Å². The molecule has 1 saturated carbocycles. The van der Waals surface area contributed by atoms with E-state index in [4.69, 9.17) is 9.47 Å². The van der Waals surface area contributed by atoms with Gasteiger partial charge in [0, 0.05) is 12.6 Å². The summed E-state index contributed by atoms with van der Waals surface area (Å²) >= 11 is 0. The molecule has 7 nitrogen and oxygen atoms in total.